The number of hydrogen-bond acceptors (Lipinski definition) is 3. The van der Waals surface area contributed by atoms with Gasteiger partial charge in [-0.15, -0.1) is 0 Å². The maximum absolute atomic E-state index is 13.1. The predicted octanol–water partition coefficient (Wildman–Crippen LogP) is 3.52. The molecular weight excluding hydrogens is 231 g/mol. The Labute approximate surface area is 103 Å². The third-order valence-electron chi connectivity index (χ3n) is 2.87. The molecule has 0 unspecified atom stereocenters. The summed E-state index contributed by atoms with van der Waals surface area (Å²) in [6.45, 7) is 1.93. The Morgan fingerprint density at radius 3 is 2.83 bits per heavy atom. The van der Waals surface area contributed by atoms with E-state index in [0.717, 1.165) is 11.1 Å². The minimum absolute atomic E-state index is 0.333. The number of oxazole rings is 1. The van der Waals surface area contributed by atoms with Gasteiger partial charge in [-0.25, -0.2) is 9.37 Å². The molecule has 3 aromatic rings. The second kappa shape index (κ2) is 3.84. The molecule has 0 saturated heterocycles. The maximum atomic E-state index is 13.1. The lowest BCUT2D eigenvalue weighted by molar-refractivity contribution is 0.614. The number of aryl methyl sites for hydroxylation is 1. The summed E-state index contributed by atoms with van der Waals surface area (Å²) < 4.78 is 18.7. The Bertz CT molecular complexity index is 713. The highest BCUT2D eigenvalue weighted by atomic mass is 19.1. The van der Waals surface area contributed by atoms with Crippen molar-refractivity contribution in [2.75, 3.05) is 5.73 Å². The molecule has 1 aromatic heterocycles. The molecule has 0 radical (unpaired) electrons. The van der Waals surface area contributed by atoms with Gasteiger partial charge >= 0.3 is 0 Å². The number of nitrogens with zero attached hydrogens (tertiary/aromatic N) is 1. The first-order chi connectivity index (χ1) is 8.65. The van der Waals surface area contributed by atoms with Gasteiger partial charge < -0.3 is 10.2 Å². The zero-order valence-electron chi connectivity index (χ0n) is 9.77. The molecule has 0 saturated carbocycles. The van der Waals surface area contributed by atoms with Gasteiger partial charge in [-0.1, -0.05) is 12.1 Å². The van der Waals surface area contributed by atoms with E-state index in [0.29, 0.717) is 22.7 Å². The van der Waals surface area contributed by atoms with Crippen molar-refractivity contribution in [2.45, 2.75) is 6.92 Å². The molecule has 0 aliphatic rings. The fourth-order valence-corrected chi connectivity index (χ4v) is 1.99. The fraction of sp³-hybridized carbons (Fsp3) is 0.0714. The van der Waals surface area contributed by atoms with E-state index in [1.165, 1.54) is 12.1 Å². The number of benzene rings is 2. The van der Waals surface area contributed by atoms with Crippen molar-refractivity contribution in [1.82, 2.24) is 4.98 Å². The lowest BCUT2D eigenvalue weighted by Gasteiger charge is -2.04. The molecule has 2 N–H and O–H groups in total. The zero-order valence-corrected chi connectivity index (χ0v) is 9.77. The Morgan fingerprint density at radius 1 is 1.22 bits per heavy atom. The van der Waals surface area contributed by atoms with Gasteiger partial charge in [0.1, 0.15) is 11.3 Å². The van der Waals surface area contributed by atoms with Crippen LogP contribution in [0.4, 0.5) is 10.1 Å². The monoisotopic (exact) mass is 242 g/mol. The molecule has 0 atom stereocenters. The lowest BCUT2D eigenvalue weighted by atomic mass is 10.1. The normalized spacial score (nSPS) is 11.0. The number of nitrogen functional groups attached to an aromatic ring is 1. The molecule has 0 spiro atoms. The van der Waals surface area contributed by atoms with Gasteiger partial charge in [0.15, 0.2) is 5.58 Å². The first-order valence-corrected chi connectivity index (χ1v) is 5.57. The number of hydrogen-bond donors (Lipinski definition) is 1. The van der Waals surface area contributed by atoms with E-state index in [2.05, 4.69) is 4.98 Å². The standard InChI is InChI=1S/C14H11FN2O/c1-8-3-2-4-10(16)13(8)14-17-11-7-9(15)5-6-12(11)18-14/h2-7H,16H2,1H3. The summed E-state index contributed by atoms with van der Waals surface area (Å²) in [7, 11) is 0. The van der Waals surface area contributed by atoms with Crippen molar-refractivity contribution in [3.63, 3.8) is 0 Å². The van der Waals surface area contributed by atoms with Crippen LogP contribution in [0.1, 0.15) is 5.56 Å². The van der Waals surface area contributed by atoms with Crippen molar-refractivity contribution < 1.29 is 8.81 Å². The summed E-state index contributed by atoms with van der Waals surface area (Å²) in [5.74, 6) is 0.0892. The van der Waals surface area contributed by atoms with Crippen LogP contribution in [-0.4, -0.2) is 4.98 Å². The number of aromatic nitrogens is 1. The summed E-state index contributed by atoms with van der Waals surface area (Å²) in [6.07, 6.45) is 0. The number of rotatable bonds is 1. The Kier molecular flexibility index (Phi) is 2.30. The summed E-state index contributed by atoms with van der Waals surface area (Å²) in [6, 6.07) is 9.85. The van der Waals surface area contributed by atoms with Crippen LogP contribution in [0.5, 0.6) is 0 Å². The smallest absolute Gasteiger partial charge is 0.229 e. The molecule has 18 heavy (non-hydrogen) atoms. The van der Waals surface area contributed by atoms with Crippen LogP contribution < -0.4 is 5.73 Å². The number of fused-ring (bicyclic) bond motifs is 1. The van der Waals surface area contributed by atoms with E-state index in [-0.39, 0.29) is 5.82 Å². The lowest BCUT2D eigenvalue weighted by Crippen LogP contribution is -1.92. The third-order valence-corrected chi connectivity index (χ3v) is 2.87. The van der Waals surface area contributed by atoms with Gasteiger partial charge in [0.2, 0.25) is 5.89 Å². The SMILES string of the molecule is Cc1cccc(N)c1-c1nc2cc(F)ccc2o1. The van der Waals surface area contributed by atoms with Crippen LogP contribution in [0.2, 0.25) is 0 Å². The van der Waals surface area contributed by atoms with Crippen molar-refractivity contribution in [3.8, 4) is 11.5 Å². The highest BCUT2D eigenvalue weighted by molar-refractivity contribution is 5.80. The van der Waals surface area contributed by atoms with E-state index in [9.17, 15) is 4.39 Å². The van der Waals surface area contributed by atoms with Crippen molar-refractivity contribution in [3.05, 3.63) is 47.8 Å². The molecule has 3 nitrogen and oxygen atoms in total. The van der Waals surface area contributed by atoms with Gasteiger partial charge in [0.25, 0.3) is 0 Å². The average Bonchev–Trinajstić information content (AvgIpc) is 2.71. The van der Waals surface area contributed by atoms with Crippen LogP contribution in [0, 0.1) is 12.7 Å². The summed E-state index contributed by atoms with van der Waals surface area (Å²) in [4.78, 5) is 4.28. The Hall–Kier alpha value is -2.36. The number of nitrogens with two attached hydrogens (primary N) is 1. The third kappa shape index (κ3) is 1.62. The number of halogens is 1. The quantitative estimate of drug-likeness (QED) is 0.664. The van der Waals surface area contributed by atoms with Gasteiger partial charge in [-0.3, -0.25) is 0 Å². The molecule has 3 rings (SSSR count). The fourth-order valence-electron chi connectivity index (χ4n) is 1.99. The zero-order chi connectivity index (χ0) is 12.7. The minimum atomic E-state index is -0.333. The maximum Gasteiger partial charge on any atom is 0.229 e. The van der Waals surface area contributed by atoms with Crippen LogP contribution in [0.15, 0.2) is 40.8 Å². The Balaban J connectivity index is 2.26. The molecule has 0 bridgehead atoms. The van der Waals surface area contributed by atoms with Crippen molar-refractivity contribution >= 4 is 16.8 Å². The first kappa shape index (κ1) is 10.8. The largest absolute Gasteiger partial charge is 0.436 e. The van der Waals surface area contributed by atoms with Crippen LogP contribution in [-0.2, 0) is 0 Å². The minimum Gasteiger partial charge on any atom is -0.436 e. The molecule has 0 aliphatic heterocycles. The molecule has 4 heteroatoms. The molecule has 1 heterocycles. The van der Waals surface area contributed by atoms with Crippen molar-refractivity contribution in [1.29, 1.82) is 0 Å². The highest BCUT2D eigenvalue weighted by Gasteiger charge is 2.13. The summed E-state index contributed by atoms with van der Waals surface area (Å²) in [5, 5.41) is 0. The van der Waals surface area contributed by atoms with Gasteiger partial charge in [-0.05, 0) is 30.7 Å². The average molecular weight is 242 g/mol. The first-order valence-electron chi connectivity index (χ1n) is 5.57. The second-order valence-corrected chi connectivity index (χ2v) is 4.17. The molecule has 2 aromatic carbocycles. The molecule has 0 fully saturated rings. The number of anilines is 1. The Morgan fingerprint density at radius 2 is 2.06 bits per heavy atom. The van der Waals surface area contributed by atoms with E-state index in [4.69, 9.17) is 10.2 Å². The predicted molar refractivity (Wildman–Crippen MR) is 68.6 cm³/mol. The topological polar surface area (TPSA) is 52.0 Å². The van der Waals surface area contributed by atoms with E-state index < -0.39 is 0 Å². The van der Waals surface area contributed by atoms with E-state index >= 15 is 0 Å². The van der Waals surface area contributed by atoms with Gasteiger partial charge in [0, 0.05) is 11.8 Å². The molecule has 90 valence electrons. The summed E-state index contributed by atoms with van der Waals surface area (Å²) in [5.41, 5.74) is 9.31. The van der Waals surface area contributed by atoms with Crippen LogP contribution in [0.3, 0.4) is 0 Å². The van der Waals surface area contributed by atoms with Crippen molar-refractivity contribution in [2.24, 2.45) is 0 Å². The molecule has 0 amide bonds. The van der Waals surface area contributed by atoms with E-state index in [1.54, 1.807) is 12.1 Å². The second-order valence-electron chi connectivity index (χ2n) is 4.17. The van der Waals surface area contributed by atoms with E-state index in [1.807, 2.05) is 19.1 Å². The van der Waals surface area contributed by atoms with Gasteiger partial charge in [0.05, 0.1) is 5.56 Å². The van der Waals surface area contributed by atoms with Crippen LogP contribution >= 0.6 is 0 Å². The van der Waals surface area contributed by atoms with Crippen LogP contribution in [0.25, 0.3) is 22.6 Å². The summed E-state index contributed by atoms with van der Waals surface area (Å²) >= 11 is 0. The molecule has 0 aliphatic carbocycles. The van der Waals surface area contributed by atoms with Gasteiger partial charge in [-0.2, -0.15) is 0 Å². The molecular formula is C14H11FN2O. The highest BCUT2D eigenvalue weighted by Crippen LogP contribution is 2.31.